The van der Waals surface area contributed by atoms with Gasteiger partial charge in [0.1, 0.15) is 35.9 Å². The molecule has 0 saturated heterocycles. The Morgan fingerprint density at radius 2 is 1.67 bits per heavy atom. The van der Waals surface area contributed by atoms with Gasteiger partial charge < -0.3 is 24.8 Å². The van der Waals surface area contributed by atoms with E-state index in [-0.39, 0.29) is 22.7 Å². The van der Waals surface area contributed by atoms with E-state index in [1.807, 2.05) is 0 Å². The number of aromatic nitrogens is 1. The fourth-order valence-corrected chi connectivity index (χ4v) is 4.58. The molecule has 0 aliphatic carbocycles. The van der Waals surface area contributed by atoms with E-state index in [1.54, 1.807) is 51.1 Å². The van der Waals surface area contributed by atoms with Crippen molar-refractivity contribution < 1.29 is 54.5 Å². The zero-order chi connectivity index (χ0) is 35.8. The molecule has 0 radical (unpaired) electrons. The largest absolute Gasteiger partial charge is 0.461 e. The van der Waals surface area contributed by atoms with E-state index < -0.39 is 79.3 Å². The van der Waals surface area contributed by atoms with E-state index in [4.69, 9.17) is 21.1 Å². The number of esters is 1. The van der Waals surface area contributed by atoms with E-state index >= 15 is 0 Å². The quantitative estimate of drug-likeness (QED) is 0.133. The van der Waals surface area contributed by atoms with Gasteiger partial charge in [-0.25, -0.2) is 18.0 Å². The number of pyridine rings is 1. The molecule has 1 heterocycles. The number of ether oxygens (including phenoxy) is 3. The highest BCUT2D eigenvalue weighted by molar-refractivity contribution is 6.30. The molecule has 0 unspecified atom stereocenters. The molecule has 2 aromatic carbocycles. The molecule has 0 aliphatic heterocycles. The number of halogens is 8. The first-order valence-corrected chi connectivity index (χ1v) is 14.7. The number of amides is 1. The number of nitrogens with zero attached hydrogens (tertiary/aromatic N) is 1. The number of hydrogen-bond donors (Lipinski definition) is 2. The number of hydrogen-bond acceptors (Lipinski definition) is 7. The van der Waals surface area contributed by atoms with Gasteiger partial charge in [0, 0.05) is 18.7 Å². The minimum absolute atomic E-state index is 0.00199. The molecule has 0 saturated carbocycles. The van der Waals surface area contributed by atoms with Gasteiger partial charge in [-0.05, 0) is 56.2 Å². The zero-order valence-corrected chi connectivity index (χ0v) is 26.7. The van der Waals surface area contributed by atoms with E-state index in [1.165, 1.54) is 18.3 Å². The Hall–Kier alpha value is -3.95. The normalized spacial score (nSPS) is 13.6. The van der Waals surface area contributed by atoms with E-state index in [0.717, 1.165) is 12.1 Å². The number of carbonyl (C=O) groups is 2. The smallest absolute Gasteiger partial charge is 0.458 e. The summed E-state index contributed by atoms with van der Waals surface area (Å²) in [5, 5.41) is 5.08. The van der Waals surface area contributed by atoms with Gasteiger partial charge >= 0.3 is 18.5 Å². The minimum Gasteiger partial charge on any atom is -0.458 e. The third-order valence-electron chi connectivity index (χ3n) is 6.32. The van der Waals surface area contributed by atoms with Crippen molar-refractivity contribution in [2.75, 3.05) is 26.3 Å². The van der Waals surface area contributed by atoms with E-state index in [0.29, 0.717) is 11.6 Å². The molecule has 1 amide bonds. The fraction of sp³-hybridized carbons (Fsp3) is 0.406. The van der Waals surface area contributed by atoms with Crippen LogP contribution in [0.5, 0.6) is 5.75 Å². The summed E-state index contributed by atoms with van der Waals surface area (Å²) in [6, 6.07) is 13.1. The summed E-state index contributed by atoms with van der Waals surface area (Å²) < 4.78 is 111. The molecule has 2 N–H and O–H groups in total. The summed E-state index contributed by atoms with van der Waals surface area (Å²) in [5.41, 5.74) is -2.49. The summed E-state index contributed by atoms with van der Waals surface area (Å²) in [7, 11) is 0. The summed E-state index contributed by atoms with van der Waals surface area (Å²) in [4.78, 5) is 29.3. The Labute approximate surface area is 276 Å². The number of nitrogens with one attached hydrogen (secondary N) is 2. The van der Waals surface area contributed by atoms with Crippen LogP contribution in [0.15, 0.2) is 66.9 Å². The molecular formula is C32H33ClF7N3O5. The van der Waals surface area contributed by atoms with Gasteiger partial charge in [-0.2, -0.15) is 17.6 Å². The summed E-state index contributed by atoms with van der Waals surface area (Å²) in [6.07, 6.45) is -8.25. The second-order valence-corrected chi connectivity index (χ2v) is 12.1. The Morgan fingerprint density at radius 1 is 0.979 bits per heavy atom. The van der Waals surface area contributed by atoms with Gasteiger partial charge in [-0.15, -0.1) is 0 Å². The van der Waals surface area contributed by atoms with Gasteiger partial charge in [-0.1, -0.05) is 41.9 Å². The summed E-state index contributed by atoms with van der Waals surface area (Å²) in [5.74, 6) is -7.48. The van der Waals surface area contributed by atoms with Crippen LogP contribution in [-0.2, 0) is 31.0 Å². The molecule has 0 spiro atoms. The third kappa shape index (κ3) is 11.6. The molecule has 3 rings (SSSR count). The highest BCUT2D eigenvalue weighted by Gasteiger charge is 2.45. The van der Waals surface area contributed by atoms with Crippen LogP contribution < -0.4 is 15.4 Å². The van der Waals surface area contributed by atoms with Crippen molar-refractivity contribution in [1.29, 1.82) is 0 Å². The van der Waals surface area contributed by atoms with Crippen molar-refractivity contribution in [2.24, 2.45) is 0 Å². The number of alkyl halides is 6. The summed E-state index contributed by atoms with van der Waals surface area (Å²) >= 11 is 6.02. The maximum absolute atomic E-state index is 15.0. The maximum Gasteiger partial charge on any atom is 0.461 e. The molecule has 48 heavy (non-hydrogen) atoms. The average Bonchev–Trinajstić information content (AvgIpc) is 2.96. The standard InChI is InChI=1S/C32H33ClF7N3O5/c1-29(2,3)48-27(45)17-46-19-30(37,38)18-41-16-26(44)43-31(14-20-7-5-4-6-8-20,25-10-9-22(33)15-42-25)21-11-23(34)13-24(12-21)47-32(39,40)28(35)36/h4-13,15,28,41H,14,16-19H2,1-3H3,(H,43,44)/t31-/m0/s1. The first kappa shape index (κ1) is 38.5. The van der Waals surface area contributed by atoms with Crippen LogP contribution >= 0.6 is 11.6 Å². The second-order valence-electron chi connectivity index (χ2n) is 11.7. The molecule has 0 aliphatic rings. The van der Waals surface area contributed by atoms with Crippen molar-refractivity contribution in [1.82, 2.24) is 15.6 Å². The van der Waals surface area contributed by atoms with Gasteiger partial charge in [0.25, 0.3) is 5.92 Å². The first-order chi connectivity index (χ1) is 22.3. The molecule has 0 fully saturated rings. The SMILES string of the molecule is CC(C)(C)OC(=O)COCC(F)(F)CNCC(=O)N[C@@](Cc1ccccc1)(c1cc(F)cc(OC(F)(F)C(F)F)c1)c1ccc(Cl)cn1. The van der Waals surface area contributed by atoms with Crippen LogP contribution in [-0.4, -0.2) is 67.2 Å². The van der Waals surface area contributed by atoms with Gasteiger partial charge in [0.2, 0.25) is 5.91 Å². The van der Waals surface area contributed by atoms with Crippen LogP contribution in [0.4, 0.5) is 30.7 Å². The first-order valence-electron chi connectivity index (χ1n) is 14.3. The highest BCUT2D eigenvalue weighted by atomic mass is 35.5. The topological polar surface area (TPSA) is 98.8 Å². The maximum atomic E-state index is 15.0. The monoisotopic (exact) mass is 707 g/mol. The van der Waals surface area contributed by atoms with Gasteiger partial charge in [0.15, 0.2) is 0 Å². The lowest BCUT2D eigenvalue weighted by Crippen LogP contribution is -2.52. The molecule has 3 aromatic rings. The van der Waals surface area contributed by atoms with Gasteiger partial charge in [0.05, 0.1) is 23.8 Å². The van der Waals surface area contributed by atoms with Crippen molar-refractivity contribution in [2.45, 2.75) is 56.8 Å². The molecule has 1 aromatic heterocycles. The lowest BCUT2D eigenvalue weighted by molar-refractivity contribution is -0.253. The van der Waals surface area contributed by atoms with Crippen LogP contribution in [0.2, 0.25) is 5.02 Å². The predicted molar refractivity (Wildman–Crippen MR) is 161 cm³/mol. The molecule has 0 bridgehead atoms. The van der Waals surface area contributed by atoms with Crippen LogP contribution in [0.3, 0.4) is 0 Å². The Kier molecular flexibility index (Phi) is 12.8. The molecule has 16 heteroatoms. The lowest BCUT2D eigenvalue weighted by atomic mass is 9.80. The van der Waals surface area contributed by atoms with Crippen molar-refractivity contribution in [3.8, 4) is 5.75 Å². The lowest BCUT2D eigenvalue weighted by Gasteiger charge is -2.36. The molecule has 8 nitrogen and oxygen atoms in total. The molecule has 262 valence electrons. The van der Waals surface area contributed by atoms with Gasteiger partial charge in [-0.3, -0.25) is 9.78 Å². The third-order valence-corrected chi connectivity index (χ3v) is 6.55. The van der Waals surface area contributed by atoms with E-state index in [9.17, 15) is 40.3 Å². The Balaban J connectivity index is 1.92. The van der Waals surface area contributed by atoms with Crippen LogP contribution in [0.25, 0.3) is 0 Å². The second kappa shape index (κ2) is 16.0. The molecule has 1 atom stereocenters. The highest BCUT2D eigenvalue weighted by Crippen LogP contribution is 2.37. The number of carbonyl (C=O) groups excluding carboxylic acids is 2. The Bertz CT molecular complexity index is 1530. The minimum atomic E-state index is -4.99. The Morgan fingerprint density at radius 3 is 2.27 bits per heavy atom. The van der Waals surface area contributed by atoms with Crippen molar-refractivity contribution in [3.63, 3.8) is 0 Å². The van der Waals surface area contributed by atoms with Crippen LogP contribution in [0.1, 0.15) is 37.6 Å². The van der Waals surface area contributed by atoms with Crippen molar-refractivity contribution in [3.05, 3.63) is 94.5 Å². The zero-order valence-electron chi connectivity index (χ0n) is 26.0. The predicted octanol–water partition coefficient (Wildman–Crippen LogP) is 6.30. The van der Waals surface area contributed by atoms with Crippen molar-refractivity contribution >= 4 is 23.5 Å². The van der Waals surface area contributed by atoms with E-state index in [2.05, 4.69) is 20.4 Å². The fourth-order valence-electron chi connectivity index (χ4n) is 4.47. The van der Waals surface area contributed by atoms with Crippen LogP contribution in [0, 0.1) is 5.82 Å². The average molecular weight is 708 g/mol. The number of benzene rings is 2. The molecular weight excluding hydrogens is 675 g/mol. The number of rotatable bonds is 16. The summed E-state index contributed by atoms with van der Waals surface area (Å²) in [6.45, 7) is 1.07.